The summed E-state index contributed by atoms with van der Waals surface area (Å²) in [6.07, 6.45) is -1.29. The predicted octanol–water partition coefficient (Wildman–Crippen LogP) is 1.90. The first-order valence-corrected chi connectivity index (χ1v) is 5.90. The third-order valence-corrected chi connectivity index (χ3v) is 3.73. The van der Waals surface area contributed by atoms with Gasteiger partial charge in [0, 0.05) is 10.9 Å². The molecule has 1 aromatic carbocycles. The molecule has 2 aliphatic rings. The molecule has 2 N–H and O–H groups in total. The number of carbonyl (C=O) groups excluding carboxylic acids is 2. The zero-order chi connectivity index (χ0) is 12.2. The van der Waals surface area contributed by atoms with Crippen LogP contribution in [0.4, 0.5) is 9.18 Å². The SMILES string of the molecule is O=C1NC(=O)[C@@]2(C[C@@H](F)c3cc(Br)ccc32)N1. The Labute approximate surface area is 105 Å². The zero-order valence-electron chi connectivity index (χ0n) is 8.59. The zero-order valence-corrected chi connectivity index (χ0v) is 10.2. The molecule has 3 rings (SSSR count). The van der Waals surface area contributed by atoms with E-state index in [9.17, 15) is 14.0 Å². The van der Waals surface area contributed by atoms with Gasteiger partial charge in [-0.15, -0.1) is 0 Å². The molecule has 1 fully saturated rings. The highest BCUT2D eigenvalue weighted by atomic mass is 79.9. The number of imide groups is 1. The molecule has 0 saturated carbocycles. The Balaban J connectivity index is 2.19. The van der Waals surface area contributed by atoms with E-state index >= 15 is 0 Å². The van der Waals surface area contributed by atoms with Gasteiger partial charge in [0.2, 0.25) is 0 Å². The molecule has 1 spiro atoms. The summed E-state index contributed by atoms with van der Waals surface area (Å²) in [4.78, 5) is 23.1. The van der Waals surface area contributed by atoms with Gasteiger partial charge in [-0.2, -0.15) is 0 Å². The van der Waals surface area contributed by atoms with Crippen molar-refractivity contribution in [1.82, 2.24) is 10.6 Å². The number of benzene rings is 1. The van der Waals surface area contributed by atoms with E-state index in [1.807, 2.05) is 0 Å². The molecule has 6 heteroatoms. The van der Waals surface area contributed by atoms with Crippen LogP contribution in [0.3, 0.4) is 0 Å². The first-order valence-electron chi connectivity index (χ1n) is 5.10. The highest BCUT2D eigenvalue weighted by Crippen LogP contribution is 2.47. The van der Waals surface area contributed by atoms with Gasteiger partial charge < -0.3 is 5.32 Å². The third-order valence-electron chi connectivity index (χ3n) is 3.24. The summed E-state index contributed by atoms with van der Waals surface area (Å²) in [7, 11) is 0. The van der Waals surface area contributed by atoms with Gasteiger partial charge in [0.15, 0.2) is 0 Å². The molecule has 3 amide bonds. The van der Waals surface area contributed by atoms with Crippen LogP contribution in [0.5, 0.6) is 0 Å². The molecule has 2 atom stereocenters. The van der Waals surface area contributed by atoms with Gasteiger partial charge in [0.1, 0.15) is 11.7 Å². The topological polar surface area (TPSA) is 58.2 Å². The van der Waals surface area contributed by atoms with Crippen molar-refractivity contribution in [3.05, 3.63) is 33.8 Å². The van der Waals surface area contributed by atoms with E-state index in [1.165, 1.54) is 0 Å². The van der Waals surface area contributed by atoms with Crippen LogP contribution in [-0.4, -0.2) is 11.9 Å². The van der Waals surface area contributed by atoms with Crippen molar-refractivity contribution in [3.8, 4) is 0 Å². The maximum absolute atomic E-state index is 13.9. The Morgan fingerprint density at radius 1 is 1.41 bits per heavy atom. The van der Waals surface area contributed by atoms with Crippen LogP contribution in [0, 0.1) is 0 Å². The van der Waals surface area contributed by atoms with Crippen molar-refractivity contribution in [2.24, 2.45) is 0 Å². The lowest BCUT2D eigenvalue weighted by molar-refractivity contribution is -0.124. The molecule has 1 aromatic rings. The number of fused-ring (bicyclic) bond motifs is 2. The molecule has 4 nitrogen and oxygen atoms in total. The number of halogens is 2. The van der Waals surface area contributed by atoms with Crippen molar-refractivity contribution in [3.63, 3.8) is 0 Å². The summed E-state index contributed by atoms with van der Waals surface area (Å²) in [5, 5.41) is 4.69. The van der Waals surface area contributed by atoms with E-state index in [-0.39, 0.29) is 6.42 Å². The Morgan fingerprint density at radius 3 is 2.82 bits per heavy atom. The summed E-state index contributed by atoms with van der Waals surface area (Å²) < 4.78 is 14.7. The Morgan fingerprint density at radius 2 is 2.18 bits per heavy atom. The fourth-order valence-corrected chi connectivity index (χ4v) is 2.87. The predicted molar refractivity (Wildman–Crippen MR) is 61.0 cm³/mol. The number of rotatable bonds is 0. The molecule has 17 heavy (non-hydrogen) atoms. The van der Waals surface area contributed by atoms with Crippen LogP contribution in [0.2, 0.25) is 0 Å². The number of hydrogen-bond donors (Lipinski definition) is 2. The van der Waals surface area contributed by atoms with Crippen LogP contribution in [-0.2, 0) is 10.3 Å². The Hall–Kier alpha value is -1.43. The Bertz CT molecular complexity index is 548. The van der Waals surface area contributed by atoms with E-state index in [1.54, 1.807) is 18.2 Å². The molecular formula is C11H8BrFN2O2. The number of carbonyl (C=O) groups is 2. The Kier molecular flexibility index (Phi) is 2.07. The molecule has 1 aliphatic heterocycles. The van der Waals surface area contributed by atoms with E-state index in [2.05, 4.69) is 26.6 Å². The van der Waals surface area contributed by atoms with Crippen LogP contribution in [0.15, 0.2) is 22.7 Å². The van der Waals surface area contributed by atoms with Crippen molar-refractivity contribution < 1.29 is 14.0 Å². The van der Waals surface area contributed by atoms with Crippen LogP contribution in [0.25, 0.3) is 0 Å². The fraction of sp³-hybridized carbons (Fsp3) is 0.273. The molecule has 1 saturated heterocycles. The van der Waals surface area contributed by atoms with Crippen LogP contribution >= 0.6 is 15.9 Å². The summed E-state index contributed by atoms with van der Waals surface area (Å²) in [5.74, 6) is -0.480. The monoisotopic (exact) mass is 298 g/mol. The average Bonchev–Trinajstić information content (AvgIpc) is 2.67. The number of nitrogens with one attached hydrogen (secondary N) is 2. The molecule has 0 unspecified atom stereocenters. The van der Waals surface area contributed by atoms with Gasteiger partial charge in [0.25, 0.3) is 5.91 Å². The summed E-state index contributed by atoms with van der Waals surface area (Å²) in [6.45, 7) is 0. The van der Waals surface area contributed by atoms with E-state index in [0.717, 1.165) is 4.47 Å². The number of urea groups is 1. The molecule has 88 valence electrons. The van der Waals surface area contributed by atoms with Crippen LogP contribution in [0.1, 0.15) is 23.7 Å². The molecular weight excluding hydrogens is 291 g/mol. The smallest absolute Gasteiger partial charge is 0.319 e. The second kappa shape index (κ2) is 3.29. The van der Waals surface area contributed by atoms with Gasteiger partial charge in [-0.1, -0.05) is 22.0 Å². The highest BCUT2D eigenvalue weighted by molar-refractivity contribution is 9.10. The minimum atomic E-state index is -1.24. The second-order valence-corrected chi connectivity index (χ2v) is 5.13. The van der Waals surface area contributed by atoms with E-state index in [0.29, 0.717) is 11.1 Å². The maximum Gasteiger partial charge on any atom is 0.322 e. The van der Waals surface area contributed by atoms with Gasteiger partial charge >= 0.3 is 6.03 Å². The van der Waals surface area contributed by atoms with Crippen LogP contribution < -0.4 is 10.6 Å². The minimum Gasteiger partial charge on any atom is -0.319 e. The lowest BCUT2D eigenvalue weighted by atomic mass is 9.92. The molecule has 0 aromatic heterocycles. The van der Waals surface area contributed by atoms with E-state index < -0.39 is 23.6 Å². The fourth-order valence-electron chi connectivity index (χ4n) is 2.50. The second-order valence-electron chi connectivity index (χ2n) is 4.22. The maximum atomic E-state index is 13.9. The number of alkyl halides is 1. The van der Waals surface area contributed by atoms with Crippen molar-refractivity contribution in [2.75, 3.05) is 0 Å². The quantitative estimate of drug-likeness (QED) is 0.719. The van der Waals surface area contributed by atoms with Crippen molar-refractivity contribution in [2.45, 2.75) is 18.1 Å². The normalized spacial score (nSPS) is 30.4. The molecule has 1 aliphatic carbocycles. The largest absolute Gasteiger partial charge is 0.322 e. The lowest BCUT2D eigenvalue weighted by Gasteiger charge is -2.20. The molecule has 0 bridgehead atoms. The number of hydrogen-bond acceptors (Lipinski definition) is 2. The summed E-state index contributed by atoms with van der Waals surface area (Å²) in [5.41, 5.74) is -0.236. The third kappa shape index (κ3) is 1.33. The first kappa shape index (κ1) is 10.7. The van der Waals surface area contributed by atoms with Crippen molar-refractivity contribution in [1.29, 1.82) is 0 Å². The van der Waals surface area contributed by atoms with E-state index in [4.69, 9.17) is 0 Å². The van der Waals surface area contributed by atoms with Gasteiger partial charge in [-0.3, -0.25) is 10.1 Å². The summed E-state index contributed by atoms with van der Waals surface area (Å²) >= 11 is 3.26. The average molecular weight is 299 g/mol. The van der Waals surface area contributed by atoms with Crippen molar-refractivity contribution >= 4 is 27.9 Å². The standard InChI is InChI=1S/C11H8BrFN2O2/c12-5-1-2-7-6(3-5)8(13)4-11(7)9(16)14-10(17)15-11/h1-3,8H,4H2,(H2,14,15,16,17)/t8-,11+/m1/s1. The van der Waals surface area contributed by atoms with Gasteiger partial charge in [-0.05, 0) is 23.3 Å². The molecule has 1 heterocycles. The first-order chi connectivity index (χ1) is 8.03. The summed E-state index contributed by atoms with van der Waals surface area (Å²) in [6, 6.07) is 4.48. The minimum absolute atomic E-state index is 0.0453. The lowest BCUT2D eigenvalue weighted by Crippen LogP contribution is -2.41. The van der Waals surface area contributed by atoms with Gasteiger partial charge in [0.05, 0.1) is 0 Å². The number of amides is 3. The highest BCUT2D eigenvalue weighted by Gasteiger charge is 2.54. The van der Waals surface area contributed by atoms with Gasteiger partial charge in [-0.25, -0.2) is 9.18 Å². The molecule has 0 radical (unpaired) electrons.